The summed E-state index contributed by atoms with van der Waals surface area (Å²) >= 11 is 0. The van der Waals surface area contributed by atoms with Crippen LogP contribution in [-0.4, -0.2) is 11.9 Å². The number of rotatable bonds is 2. The molecule has 0 aromatic heterocycles. The van der Waals surface area contributed by atoms with Gasteiger partial charge >= 0.3 is 6.04 Å². The molecule has 0 saturated heterocycles. The maximum absolute atomic E-state index is 11.1. The molecule has 1 amide bonds. The number of carbonyl (C=O) groups is 2. The lowest BCUT2D eigenvalue weighted by atomic mass is 10.5. The lowest BCUT2D eigenvalue weighted by Gasteiger charge is -1.73. The highest BCUT2D eigenvalue weighted by Gasteiger charge is 1.87. The van der Waals surface area contributed by atoms with Crippen molar-refractivity contribution in [2.24, 2.45) is 5.73 Å². The summed E-state index contributed by atoms with van der Waals surface area (Å²) < 4.78 is 11.1. The fourth-order valence-corrected chi connectivity index (χ4v) is 0.148. The Bertz CT molecular complexity index is 125. The molecule has 0 aliphatic carbocycles. The Hall–Kier alpha value is -1.19. The Labute approximate surface area is 45.0 Å². The molecular weight excluding hydrogens is 113 g/mol. The van der Waals surface area contributed by atoms with Gasteiger partial charge in [0.25, 0.3) is 0 Å². The first kappa shape index (κ1) is 6.81. The van der Waals surface area contributed by atoms with Crippen LogP contribution in [0.15, 0.2) is 12.2 Å². The van der Waals surface area contributed by atoms with Crippen molar-refractivity contribution in [2.45, 2.75) is 0 Å². The Morgan fingerprint density at radius 3 is 2.00 bits per heavy atom. The minimum absolute atomic E-state index is 0.461. The molecule has 0 unspecified atom stereocenters. The highest BCUT2D eigenvalue weighted by molar-refractivity contribution is 5.93. The Morgan fingerprint density at radius 1 is 1.38 bits per heavy atom. The molecule has 0 aliphatic heterocycles. The van der Waals surface area contributed by atoms with E-state index >= 15 is 0 Å². The quantitative estimate of drug-likeness (QED) is 0.392. The smallest absolute Gasteiger partial charge is 0.325 e. The number of halogens is 1. The van der Waals surface area contributed by atoms with Crippen molar-refractivity contribution >= 4 is 11.9 Å². The summed E-state index contributed by atoms with van der Waals surface area (Å²) in [5.74, 6) is -0.837. The van der Waals surface area contributed by atoms with Crippen LogP contribution in [0.4, 0.5) is 4.39 Å². The van der Waals surface area contributed by atoms with Crippen molar-refractivity contribution in [2.75, 3.05) is 0 Å². The van der Waals surface area contributed by atoms with E-state index in [0.29, 0.717) is 12.2 Å². The van der Waals surface area contributed by atoms with Crippen molar-refractivity contribution in [3.05, 3.63) is 12.2 Å². The zero-order chi connectivity index (χ0) is 6.57. The number of primary amides is 1. The van der Waals surface area contributed by atoms with E-state index in [4.69, 9.17) is 0 Å². The van der Waals surface area contributed by atoms with E-state index in [2.05, 4.69) is 5.73 Å². The summed E-state index contributed by atoms with van der Waals surface area (Å²) in [5.41, 5.74) is 4.50. The van der Waals surface area contributed by atoms with Crippen LogP contribution in [0.1, 0.15) is 0 Å². The monoisotopic (exact) mass is 117 g/mol. The Kier molecular flexibility index (Phi) is 2.47. The number of nitrogens with two attached hydrogens (primary N) is 1. The summed E-state index contributed by atoms with van der Waals surface area (Å²) in [5, 5.41) is 0. The Morgan fingerprint density at radius 2 is 1.88 bits per heavy atom. The van der Waals surface area contributed by atoms with Gasteiger partial charge in [-0.2, -0.15) is 4.39 Å². The van der Waals surface area contributed by atoms with Gasteiger partial charge in [-0.15, -0.1) is 0 Å². The average molecular weight is 117 g/mol. The summed E-state index contributed by atoms with van der Waals surface area (Å²) in [6.07, 6.45) is 1.12. The second kappa shape index (κ2) is 2.90. The first-order chi connectivity index (χ1) is 3.63. The molecule has 3 nitrogen and oxygen atoms in total. The average Bonchev–Trinajstić information content (AvgIpc) is 1.61. The first-order valence-corrected chi connectivity index (χ1v) is 1.80. The second-order valence-electron chi connectivity index (χ2n) is 1.04. The third-order valence-electron chi connectivity index (χ3n) is 0.379. The van der Waals surface area contributed by atoms with Crippen LogP contribution in [0.5, 0.6) is 0 Å². The molecule has 0 heterocycles. The van der Waals surface area contributed by atoms with Crippen molar-refractivity contribution in [3.63, 3.8) is 0 Å². The van der Waals surface area contributed by atoms with Crippen molar-refractivity contribution in [3.8, 4) is 0 Å². The predicted octanol–water partition coefficient (Wildman–Crippen LogP) is -0.476. The van der Waals surface area contributed by atoms with Gasteiger partial charge in [-0.1, -0.05) is 0 Å². The third-order valence-corrected chi connectivity index (χ3v) is 0.379. The topological polar surface area (TPSA) is 60.2 Å². The molecule has 0 bridgehead atoms. The van der Waals surface area contributed by atoms with Crippen LogP contribution in [0.3, 0.4) is 0 Å². The van der Waals surface area contributed by atoms with Crippen LogP contribution in [0.2, 0.25) is 0 Å². The number of amides is 1. The van der Waals surface area contributed by atoms with Crippen LogP contribution in [0.25, 0.3) is 0 Å². The maximum atomic E-state index is 11.1. The van der Waals surface area contributed by atoms with E-state index in [-0.39, 0.29) is 0 Å². The second-order valence-corrected chi connectivity index (χ2v) is 1.04. The number of carbonyl (C=O) groups excluding carboxylic acids is 2. The molecule has 0 spiro atoms. The molecule has 0 aromatic carbocycles. The molecule has 0 rings (SSSR count). The molecule has 4 heteroatoms. The molecule has 0 saturated carbocycles. The third kappa shape index (κ3) is 4.81. The zero-order valence-corrected chi connectivity index (χ0v) is 3.93. The molecule has 0 radical (unpaired) electrons. The van der Waals surface area contributed by atoms with Crippen molar-refractivity contribution in [1.82, 2.24) is 0 Å². The fraction of sp³-hybridized carbons (Fsp3) is 0. The first-order valence-electron chi connectivity index (χ1n) is 1.80. The molecule has 0 atom stereocenters. The molecule has 0 fully saturated rings. The van der Waals surface area contributed by atoms with Gasteiger partial charge in [0.2, 0.25) is 5.91 Å². The molecular formula is C4H4FNO2. The molecule has 8 heavy (non-hydrogen) atoms. The van der Waals surface area contributed by atoms with Crippen LogP contribution >= 0.6 is 0 Å². The highest BCUT2D eigenvalue weighted by atomic mass is 19.1. The molecule has 0 aromatic rings. The van der Waals surface area contributed by atoms with Crippen LogP contribution in [-0.2, 0) is 9.59 Å². The van der Waals surface area contributed by atoms with E-state index in [1.165, 1.54) is 0 Å². The van der Waals surface area contributed by atoms with Crippen LogP contribution < -0.4 is 5.73 Å². The number of hydrogen-bond donors (Lipinski definition) is 1. The highest BCUT2D eigenvalue weighted by Crippen LogP contribution is 1.74. The SMILES string of the molecule is NC(=O)/C=C\C(=O)F. The van der Waals surface area contributed by atoms with E-state index in [1.54, 1.807) is 0 Å². The van der Waals surface area contributed by atoms with Gasteiger partial charge in [0.1, 0.15) is 0 Å². The minimum atomic E-state index is -1.68. The van der Waals surface area contributed by atoms with Crippen LogP contribution in [0, 0.1) is 0 Å². The Balaban J connectivity index is 3.67. The zero-order valence-electron chi connectivity index (χ0n) is 3.93. The minimum Gasteiger partial charge on any atom is -0.366 e. The summed E-state index contributed by atoms with van der Waals surface area (Å²) in [6.45, 7) is 0. The molecule has 0 aliphatic rings. The van der Waals surface area contributed by atoms with Crippen molar-refractivity contribution in [1.29, 1.82) is 0 Å². The van der Waals surface area contributed by atoms with E-state index in [9.17, 15) is 14.0 Å². The lowest BCUT2D eigenvalue weighted by Crippen LogP contribution is -2.05. The van der Waals surface area contributed by atoms with E-state index in [1.807, 2.05) is 0 Å². The largest absolute Gasteiger partial charge is 0.366 e. The van der Waals surface area contributed by atoms with Gasteiger partial charge in [-0.25, -0.2) is 0 Å². The number of allylic oxidation sites excluding steroid dienone is 1. The summed E-state index contributed by atoms with van der Waals surface area (Å²) in [6, 6.07) is -1.68. The molecule has 44 valence electrons. The standard InChI is InChI=1S/C4H4FNO2/c5-3(7)1-2-4(6)8/h1-2H,(H2,6,8)/b2-1-. The lowest BCUT2D eigenvalue weighted by molar-refractivity contribution is -0.124. The predicted molar refractivity (Wildman–Crippen MR) is 24.4 cm³/mol. The van der Waals surface area contributed by atoms with Gasteiger partial charge in [-0.3, -0.25) is 9.59 Å². The van der Waals surface area contributed by atoms with E-state index < -0.39 is 11.9 Å². The van der Waals surface area contributed by atoms with Crippen molar-refractivity contribution < 1.29 is 14.0 Å². The van der Waals surface area contributed by atoms with Gasteiger partial charge < -0.3 is 5.73 Å². The normalized spacial score (nSPS) is 9.62. The van der Waals surface area contributed by atoms with Gasteiger partial charge in [0.05, 0.1) is 0 Å². The molecule has 2 N–H and O–H groups in total. The maximum Gasteiger partial charge on any atom is 0.325 e. The number of hydrogen-bond acceptors (Lipinski definition) is 2. The van der Waals surface area contributed by atoms with Gasteiger partial charge in [-0.05, 0) is 0 Å². The van der Waals surface area contributed by atoms with Gasteiger partial charge in [0, 0.05) is 12.2 Å². The van der Waals surface area contributed by atoms with E-state index in [0.717, 1.165) is 0 Å². The fourth-order valence-electron chi connectivity index (χ4n) is 0.148. The summed E-state index contributed by atoms with van der Waals surface area (Å²) in [4.78, 5) is 19.1. The van der Waals surface area contributed by atoms with Gasteiger partial charge in [0.15, 0.2) is 0 Å². The summed E-state index contributed by atoms with van der Waals surface area (Å²) in [7, 11) is 0.